The topological polar surface area (TPSA) is 102 Å². The summed E-state index contributed by atoms with van der Waals surface area (Å²) in [6.07, 6.45) is 5.95. The first-order chi connectivity index (χ1) is 14.1. The van der Waals surface area contributed by atoms with Gasteiger partial charge in [0.05, 0.1) is 18.5 Å². The number of ether oxygens (including phenoxy) is 1. The Hall–Kier alpha value is -2.20. The summed E-state index contributed by atoms with van der Waals surface area (Å²) < 4.78 is 20.2. The Morgan fingerprint density at radius 2 is 2.17 bits per heavy atom. The summed E-state index contributed by atoms with van der Waals surface area (Å²) in [6.45, 7) is 0.436. The molecule has 0 saturated heterocycles. The lowest BCUT2D eigenvalue weighted by molar-refractivity contribution is 0.217. The summed E-state index contributed by atoms with van der Waals surface area (Å²) in [5.41, 5.74) is 10.9. The Morgan fingerprint density at radius 1 is 1.34 bits per heavy atom. The molecule has 0 amide bonds. The predicted octanol–water partition coefficient (Wildman–Crippen LogP) is 3.46. The molecule has 0 aliphatic heterocycles. The molecule has 4 aromatic rings. The highest BCUT2D eigenvalue weighted by atomic mass is 32.2. The van der Waals surface area contributed by atoms with E-state index in [4.69, 9.17) is 15.5 Å². The van der Waals surface area contributed by atoms with Crippen molar-refractivity contribution in [2.75, 3.05) is 25.2 Å². The first-order valence-corrected chi connectivity index (χ1v) is 11.6. The molecule has 0 bridgehead atoms. The molecule has 0 spiro atoms. The molecule has 4 heterocycles. The standard InChI is InChI=1S/C20H21N5O2S2/c1-25-18-13(10-23-25)7-12(9-22-18)15-8-14(11-3-4-11)16-17(21)20(28-19(16)24-15)29(26)6-5-27-2/h7-11H,3-6,21H2,1-2H3/t29-/m0/s1. The molecule has 1 saturated carbocycles. The third-order valence-corrected chi connectivity index (χ3v) is 8.13. The van der Waals surface area contributed by atoms with Crippen molar-refractivity contribution in [1.29, 1.82) is 0 Å². The fraction of sp³-hybridized carbons (Fsp3) is 0.350. The van der Waals surface area contributed by atoms with E-state index in [1.165, 1.54) is 16.9 Å². The lowest BCUT2D eigenvalue weighted by Crippen LogP contribution is -2.11. The van der Waals surface area contributed by atoms with Crippen LogP contribution in [0.15, 0.2) is 28.7 Å². The van der Waals surface area contributed by atoms with E-state index in [2.05, 4.69) is 22.2 Å². The summed E-state index contributed by atoms with van der Waals surface area (Å²) in [6, 6.07) is 4.19. The average Bonchev–Trinajstić information content (AvgIpc) is 3.44. The largest absolute Gasteiger partial charge is 0.611 e. The van der Waals surface area contributed by atoms with Crippen LogP contribution in [-0.4, -0.2) is 43.8 Å². The van der Waals surface area contributed by atoms with E-state index in [0.29, 0.717) is 28.2 Å². The van der Waals surface area contributed by atoms with Crippen LogP contribution < -0.4 is 5.73 Å². The third-order valence-electron chi connectivity index (χ3n) is 5.26. The van der Waals surface area contributed by atoms with Gasteiger partial charge in [-0.1, -0.05) is 11.3 Å². The molecule has 29 heavy (non-hydrogen) atoms. The van der Waals surface area contributed by atoms with Gasteiger partial charge in [-0.3, -0.25) is 4.68 Å². The van der Waals surface area contributed by atoms with E-state index in [-0.39, 0.29) is 0 Å². The van der Waals surface area contributed by atoms with E-state index in [1.807, 2.05) is 19.4 Å². The van der Waals surface area contributed by atoms with Crippen molar-refractivity contribution >= 4 is 49.5 Å². The van der Waals surface area contributed by atoms with Crippen molar-refractivity contribution < 1.29 is 9.29 Å². The molecular weight excluding hydrogens is 406 g/mol. The van der Waals surface area contributed by atoms with Crippen LogP contribution in [0, 0.1) is 0 Å². The smallest absolute Gasteiger partial charge is 0.232 e. The van der Waals surface area contributed by atoms with Crippen LogP contribution in [-0.2, 0) is 23.0 Å². The fourth-order valence-corrected chi connectivity index (χ4v) is 6.17. The maximum absolute atomic E-state index is 12.7. The maximum Gasteiger partial charge on any atom is 0.232 e. The second-order valence-electron chi connectivity index (χ2n) is 7.30. The van der Waals surface area contributed by atoms with Gasteiger partial charge in [0.25, 0.3) is 0 Å². The van der Waals surface area contributed by atoms with Gasteiger partial charge in [0.2, 0.25) is 4.21 Å². The number of nitrogens with zero attached hydrogens (tertiary/aromatic N) is 4. The number of pyridine rings is 2. The van der Waals surface area contributed by atoms with Crippen LogP contribution in [0.3, 0.4) is 0 Å². The van der Waals surface area contributed by atoms with Gasteiger partial charge in [0, 0.05) is 47.9 Å². The number of methoxy groups -OCH3 is 1. The van der Waals surface area contributed by atoms with Crippen molar-refractivity contribution in [2.24, 2.45) is 7.05 Å². The van der Waals surface area contributed by atoms with Crippen LogP contribution in [0.25, 0.3) is 32.5 Å². The zero-order valence-corrected chi connectivity index (χ0v) is 17.8. The number of nitrogen functional groups attached to an aromatic ring is 1. The summed E-state index contributed by atoms with van der Waals surface area (Å²) >= 11 is 0.239. The zero-order chi connectivity index (χ0) is 20.1. The Bertz CT molecular complexity index is 1210. The normalized spacial score (nSPS) is 15.4. The minimum atomic E-state index is -1.19. The summed E-state index contributed by atoms with van der Waals surface area (Å²) in [5, 5.41) is 6.22. The second kappa shape index (κ2) is 7.24. The lowest BCUT2D eigenvalue weighted by atomic mass is 10.0. The number of aryl methyl sites for hydroxylation is 1. The van der Waals surface area contributed by atoms with Gasteiger partial charge in [-0.05, 0) is 36.5 Å². The molecule has 1 aliphatic rings. The number of hydrogen-bond donors (Lipinski definition) is 1. The SMILES string of the molecule is COCC[S@+]([O-])c1sc2nc(-c3cnc4c(cnn4C)c3)cc(C3CC3)c2c1N. The molecule has 7 nitrogen and oxygen atoms in total. The fourth-order valence-electron chi connectivity index (χ4n) is 3.60. The van der Waals surface area contributed by atoms with Gasteiger partial charge in [-0.15, -0.1) is 0 Å². The van der Waals surface area contributed by atoms with Crippen molar-refractivity contribution in [3.8, 4) is 11.3 Å². The van der Waals surface area contributed by atoms with Gasteiger partial charge in [-0.25, -0.2) is 9.97 Å². The van der Waals surface area contributed by atoms with Crippen LogP contribution in [0.2, 0.25) is 0 Å². The number of thiophene rings is 1. The highest BCUT2D eigenvalue weighted by molar-refractivity contribution is 7.93. The lowest BCUT2D eigenvalue weighted by Gasteiger charge is -2.09. The van der Waals surface area contributed by atoms with E-state index in [9.17, 15) is 4.55 Å². The molecule has 2 N–H and O–H groups in total. The number of nitrogens with two attached hydrogens (primary N) is 1. The molecule has 9 heteroatoms. The third kappa shape index (κ3) is 3.28. The molecule has 5 rings (SSSR count). The predicted molar refractivity (Wildman–Crippen MR) is 117 cm³/mol. The second-order valence-corrected chi connectivity index (χ2v) is 10.1. The van der Waals surface area contributed by atoms with E-state index in [1.54, 1.807) is 11.8 Å². The monoisotopic (exact) mass is 427 g/mol. The zero-order valence-electron chi connectivity index (χ0n) is 16.2. The van der Waals surface area contributed by atoms with Crippen LogP contribution in [0.5, 0.6) is 0 Å². The van der Waals surface area contributed by atoms with Crippen molar-refractivity contribution in [2.45, 2.75) is 23.0 Å². The summed E-state index contributed by atoms with van der Waals surface area (Å²) in [7, 11) is 3.49. The number of aromatic nitrogens is 4. The van der Waals surface area contributed by atoms with Gasteiger partial charge < -0.3 is 15.0 Å². The quantitative estimate of drug-likeness (QED) is 0.473. The minimum absolute atomic E-state index is 0.431. The Balaban J connectivity index is 1.64. The molecule has 1 fully saturated rings. The van der Waals surface area contributed by atoms with E-state index >= 15 is 0 Å². The highest BCUT2D eigenvalue weighted by Crippen LogP contribution is 2.48. The molecular formula is C20H21N5O2S2. The Labute approximate surface area is 175 Å². The number of hydrogen-bond acceptors (Lipinski definition) is 7. The molecule has 0 radical (unpaired) electrons. The average molecular weight is 428 g/mol. The van der Waals surface area contributed by atoms with Crippen LogP contribution in [0.1, 0.15) is 24.3 Å². The van der Waals surface area contributed by atoms with Crippen LogP contribution >= 0.6 is 11.3 Å². The minimum Gasteiger partial charge on any atom is -0.611 e. The molecule has 0 aromatic carbocycles. The van der Waals surface area contributed by atoms with Crippen molar-refractivity contribution in [3.05, 3.63) is 30.1 Å². The van der Waals surface area contributed by atoms with Gasteiger partial charge >= 0.3 is 0 Å². The van der Waals surface area contributed by atoms with Gasteiger partial charge in [0.1, 0.15) is 16.3 Å². The first-order valence-electron chi connectivity index (χ1n) is 9.45. The number of rotatable bonds is 6. The van der Waals surface area contributed by atoms with E-state index < -0.39 is 11.2 Å². The molecule has 150 valence electrons. The first kappa shape index (κ1) is 18.8. The summed E-state index contributed by atoms with van der Waals surface area (Å²) in [5.74, 6) is 0.923. The number of anilines is 1. The van der Waals surface area contributed by atoms with E-state index in [0.717, 1.165) is 45.3 Å². The highest BCUT2D eigenvalue weighted by Gasteiger charge is 2.31. The van der Waals surface area contributed by atoms with Crippen molar-refractivity contribution in [3.63, 3.8) is 0 Å². The van der Waals surface area contributed by atoms with Gasteiger partial charge in [-0.2, -0.15) is 5.10 Å². The molecule has 0 unspecified atom stereocenters. The van der Waals surface area contributed by atoms with Crippen LogP contribution in [0.4, 0.5) is 5.69 Å². The van der Waals surface area contributed by atoms with Gasteiger partial charge in [0.15, 0.2) is 5.65 Å². The summed E-state index contributed by atoms with van der Waals surface area (Å²) in [4.78, 5) is 10.3. The number of fused-ring (bicyclic) bond motifs is 2. The Morgan fingerprint density at radius 3 is 2.93 bits per heavy atom. The molecule has 4 aromatic heterocycles. The maximum atomic E-state index is 12.7. The Kier molecular flexibility index (Phi) is 4.70. The molecule has 1 atom stereocenters. The molecule has 1 aliphatic carbocycles. The van der Waals surface area contributed by atoms with Crippen molar-refractivity contribution in [1.82, 2.24) is 19.7 Å².